The van der Waals surface area contributed by atoms with E-state index in [4.69, 9.17) is 9.47 Å². The minimum Gasteiger partial charge on any atom is -0.465 e. The molecular weight excluding hydrogens is 282 g/mol. The number of amides is 1. The fourth-order valence-corrected chi connectivity index (χ4v) is 3.62. The second-order valence-electron chi connectivity index (χ2n) is 6.20. The third-order valence-electron chi connectivity index (χ3n) is 4.52. The molecule has 0 aromatic heterocycles. The monoisotopic (exact) mass is 303 g/mol. The molecule has 3 atom stereocenters. The van der Waals surface area contributed by atoms with Gasteiger partial charge in [0.15, 0.2) is 0 Å². The van der Waals surface area contributed by atoms with Crippen molar-refractivity contribution < 1.29 is 19.1 Å². The number of rotatable bonds is 3. The highest BCUT2D eigenvalue weighted by Gasteiger charge is 2.60. The highest BCUT2D eigenvalue weighted by atomic mass is 16.5. The molecule has 0 saturated carbocycles. The van der Waals surface area contributed by atoms with E-state index in [9.17, 15) is 9.59 Å². The van der Waals surface area contributed by atoms with Gasteiger partial charge in [0.25, 0.3) is 0 Å². The molecule has 1 aromatic rings. The summed E-state index contributed by atoms with van der Waals surface area (Å²) in [5, 5.41) is 0. The molecule has 5 heteroatoms. The Bertz CT molecular complexity index is 584. The Morgan fingerprint density at radius 2 is 2.05 bits per heavy atom. The number of carbonyl (C=O) groups is 2. The third kappa shape index (κ3) is 2.20. The van der Waals surface area contributed by atoms with Gasteiger partial charge in [0.2, 0.25) is 5.91 Å². The quantitative estimate of drug-likeness (QED) is 0.632. The first kappa shape index (κ1) is 15.0. The fourth-order valence-electron chi connectivity index (χ4n) is 3.62. The third-order valence-corrected chi connectivity index (χ3v) is 4.52. The van der Waals surface area contributed by atoms with Crippen LogP contribution in [0.25, 0.3) is 0 Å². The van der Waals surface area contributed by atoms with Gasteiger partial charge in [-0.1, -0.05) is 30.3 Å². The summed E-state index contributed by atoms with van der Waals surface area (Å²) in [5.74, 6) is -1.64. The van der Waals surface area contributed by atoms with E-state index < -0.39 is 17.6 Å². The lowest BCUT2D eigenvalue weighted by Crippen LogP contribution is -2.45. The first-order valence-corrected chi connectivity index (χ1v) is 7.66. The summed E-state index contributed by atoms with van der Waals surface area (Å²) in [6, 6.07) is 9.56. The summed E-state index contributed by atoms with van der Waals surface area (Å²) >= 11 is 0. The number of carbonyl (C=O) groups excluding carboxylic acids is 2. The first-order valence-electron chi connectivity index (χ1n) is 7.66. The van der Waals surface area contributed by atoms with Crippen molar-refractivity contribution in [2.75, 3.05) is 13.2 Å². The van der Waals surface area contributed by atoms with Crippen LogP contribution >= 0.6 is 0 Å². The van der Waals surface area contributed by atoms with Crippen LogP contribution in [0.2, 0.25) is 0 Å². The highest BCUT2D eigenvalue weighted by Crippen LogP contribution is 2.46. The minimum atomic E-state index is -0.782. The number of benzene rings is 1. The predicted molar refractivity (Wildman–Crippen MR) is 80.0 cm³/mol. The van der Waals surface area contributed by atoms with E-state index in [1.807, 2.05) is 44.2 Å². The van der Waals surface area contributed by atoms with Gasteiger partial charge in [-0.05, 0) is 26.3 Å². The Kier molecular flexibility index (Phi) is 3.68. The molecule has 22 heavy (non-hydrogen) atoms. The van der Waals surface area contributed by atoms with Crippen LogP contribution in [0.1, 0.15) is 32.3 Å². The van der Waals surface area contributed by atoms with Crippen LogP contribution < -0.4 is 0 Å². The molecule has 2 aliphatic heterocycles. The lowest BCUT2D eigenvalue weighted by Gasteiger charge is -2.29. The van der Waals surface area contributed by atoms with Crippen molar-refractivity contribution in [1.29, 1.82) is 0 Å². The molecule has 0 bridgehead atoms. The van der Waals surface area contributed by atoms with Crippen LogP contribution in [0, 0.1) is 5.92 Å². The van der Waals surface area contributed by atoms with Gasteiger partial charge in [-0.2, -0.15) is 0 Å². The van der Waals surface area contributed by atoms with Gasteiger partial charge < -0.3 is 14.4 Å². The van der Waals surface area contributed by atoms with Crippen LogP contribution in [0.4, 0.5) is 0 Å². The molecular formula is C17H21NO4. The molecule has 3 rings (SSSR count). The normalized spacial score (nSPS) is 29.5. The van der Waals surface area contributed by atoms with Gasteiger partial charge in [-0.3, -0.25) is 9.59 Å². The Morgan fingerprint density at radius 3 is 2.68 bits per heavy atom. The van der Waals surface area contributed by atoms with E-state index in [-0.39, 0.29) is 24.5 Å². The largest absolute Gasteiger partial charge is 0.465 e. The van der Waals surface area contributed by atoms with Gasteiger partial charge in [0.05, 0.1) is 19.3 Å². The maximum Gasteiger partial charge on any atom is 0.319 e. The Morgan fingerprint density at radius 1 is 1.36 bits per heavy atom. The lowest BCUT2D eigenvalue weighted by atomic mass is 9.84. The number of ether oxygens (including phenoxy) is 2. The van der Waals surface area contributed by atoms with Crippen molar-refractivity contribution in [1.82, 2.24) is 4.90 Å². The zero-order valence-corrected chi connectivity index (χ0v) is 13.1. The molecule has 1 amide bonds. The molecule has 0 N–H and O–H groups in total. The molecule has 2 saturated heterocycles. The van der Waals surface area contributed by atoms with Crippen LogP contribution in [0.5, 0.6) is 0 Å². The van der Waals surface area contributed by atoms with E-state index >= 15 is 0 Å². The van der Waals surface area contributed by atoms with E-state index in [1.165, 1.54) is 0 Å². The number of nitrogens with zero attached hydrogens (tertiary/aromatic N) is 1. The summed E-state index contributed by atoms with van der Waals surface area (Å²) in [6.45, 7) is 6.19. The molecule has 2 aliphatic rings. The summed E-state index contributed by atoms with van der Waals surface area (Å²) in [6.07, 6.45) is 0. The van der Waals surface area contributed by atoms with Gasteiger partial charge in [-0.15, -0.1) is 0 Å². The highest BCUT2D eigenvalue weighted by molar-refractivity contribution is 6.01. The Hall–Kier alpha value is -1.88. The second kappa shape index (κ2) is 5.39. The average molecular weight is 303 g/mol. The van der Waals surface area contributed by atoms with E-state index in [0.29, 0.717) is 6.61 Å². The summed E-state index contributed by atoms with van der Waals surface area (Å²) in [7, 11) is 0. The zero-order valence-electron chi connectivity index (χ0n) is 13.1. The van der Waals surface area contributed by atoms with E-state index in [1.54, 1.807) is 11.8 Å². The molecule has 0 spiro atoms. The van der Waals surface area contributed by atoms with Crippen molar-refractivity contribution >= 4 is 11.9 Å². The van der Waals surface area contributed by atoms with Gasteiger partial charge >= 0.3 is 5.97 Å². The molecule has 118 valence electrons. The maximum atomic E-state index is 12.8. The minimum absolute atomic E-state index is 0.126. The van der Waals surface area contributed by atoms with Gasteiger partial charge in [-0.25, -0.2) is 0 Å². The summed E-state index contributed by atoms with van der Waals surface area (Å²) < 4.78 is 10.9. The molecule has 5 nitrogen and oxygen atoms in total. The maximum absolute atomic E-state index is 12.8. The lowest BCUT2D eigenvalue weighted by molar-refractivity contribution is -0.157. The smallest absolute Gasteiger partial charge is 0.319 e. The molecule has 1 aromatic carbocycles. The van der Waals surface area contributed by atoms with E-state index in [2.05, 4.69) is 0 Å². The van der Waals surface area contributed by atoms with Gasteiger partial charge in [0, 0.05) is 5.92 Å². The average Bonchev–Trinajstić information content (AvgIpc) is 2.96. The van der Waals surface area contributed by atoms with Crippen LogP contribution in [-0.4, -0.2) is 41.8 Å². The standard InChI is InChI=1S/C17H21NO4/c1-4-21-16(20)14-13(11-8-6-5-7-9-11)12-10-22-17(2,3)18(12)15(14)19/h5-9,12-14H,4,10H2,1-3H3/t12-,13-,14+/m1/s1. The number of fused-ring (bicyclic) bond motifs is 1. The van der Waals surface area contributed by atoms with Crippen LogP contribution in [0.15, 0.2) is 30.3 Å². The Balaban J connectivity index is 2.03. The van der Waals surface area contributed by atoms with Crippen molar-refractivity contribution in [2.24, 2.45) is 5.92 Å². The topological polar surface area (TPSA) is 55.8 Å². The van der Waals surface area contributed by atoms with Crippen molar-refractivity contribution in [3.05, 3.63) is 35.9 Å². The number of hydrogen-bond acceptors (Lipinski definition) is 4. The number of esters is 1. The summed E-state index contributed by atoms with van der Waals surface area (Å²) in [5.41, 5.74) is 0.290. The first-order chi connectivity index (χ1) is 10.5. The second-order valence-corrected chi connectivity index (χ2v) is 6.20. The fraction of sp³-hybridized carbons (Fsp3) is 0.529. The Labute approximate surface area is 130 Å². The van der Waals surface area contributed by atoms with Crippen LogP contribution in [0.3, 0.4) is 0 Å². The van der Waals surface area contributed by atoms with Crippen LogP contribution in [-0.2, 0) is 19.1 Å². The molecule has 2 fully saturated rings. The number of hydrogen-bond donors (Lipinski definition) is 0. The zero-order chi connectivity index (χ0) is 15.9. The van der Waals surface area contributed by atoms with Crippen molar-refractivity contribution in [3.8, 4) is 0 Å². The van der Waals surface area contributed by atoms with Crippen molar-refractivity contribution in [3.63, 3.8) is 0 Å². The molecule has 0 aliphatic carbocycles. The summed E-state index contributed by atoms with van der Waals surface area (Å²) in [4.78, 5) is 26.9. The molecule has 2 heterocycles. The molecule has 0 unspecified atom stereocenters. The molecule has 0 radical (unpaired) electrons. The SMILES string of the molecule is CCOC(=O)[C@@H]1C(=O)N2[C@H](COC2(C)C)[C@H]1c1ccccc1. The van der Waals surface area contributed by atoms with Gasteiger partial charge in [0.1, 0.15) is 11.6 Å². The predicted octanol–water partition coefficient (Wildman–Crippen LogP) is 1.93. The van der Waals surface area contributed by atoms with E-state index in [0.717, 1.165) is 5.56 Å². The van der Waals surface area contributed by atoms with Crippen molar-refractivity contribution in [2.45, 2.75) is 38.5 Å².